The van der Waals surface area contributed by atoms with Gasteiger partial charge in [0.2, 0.25) is 0 Å². The summed E-state index contributed by atoms with van der Waals surface area (Å²) in [5.74, 6) is 0.775. The van der Waals surface area contributed by atoms with E-state index in [1.165, 1.54) is 24.9 Å². The van der Waals surface area contributed by atoms with E-state index in [0.717, 1.165) is 31.1 Å². The second-order valence-electron chi connectivity index (χ2n) is 5.01. The van der Waals surface area contributed by atoms with Crippen LogP contribution in [0, 0.1) is 17.2 Å². The third-order valence-electron chi connectivity index (χ3n) is 3.66. The molecule has 1 fully saturated rings. The molecule has 0 bridgehead atoms. The Hall–Kier alpha value is -1.53. The zero-order valence-corrected chi connectivity index (χ0v) is 11.0. The number of piperidine rings is 1. The zero-order valence-electron chi connectivity index (χ0n) is 11.0. The van der Waals surface area contributed by atoms with Crippen LogP contribution < -0.4 is 10.2 Å². The van der Waals surface area contributed by atoms with Gasteiger partial charge in [-0.1, -0.05) is 6.07 Å². The van der Waals surface area contributed by atoms with Crippen molar-refractivity contribution in [1.29, 1.82) is 5.26 Å². The number of benzene rings is 1. The fourth-order valence-electron chi connectivity index (χ4n) is 2.66. The molecule has 1 unspecified atom stereocenters. The molecule has 1 N–H and O–H groups in total. The van der Waals surface area contributed by atoms with E-state index in [9.17, 15) is 0 Å². The Kier molecular flexibility index (Phi) is 4.60. The van der Waals surface area contributed by atoms with E-state index >= 15 is 0 Å². The van der Waals surface area contributed by atoms with Crippen molar-refractivity contribution in [2.24, 2.45) is 5.92 Å². The lowest BCUT2D eigenvalue weighted by Gasteiger charge is -2.34. The van der Waals surface area contributed by atoms with E-state index in [4.69, 9.17) is 5.26 Å². The van der Waals surface area contributed by atoms with Crippen molar-refractivity contribution in [3.8, 4) is 6.07 Å². The van der Waals surface area contributed by atoms with Crippen LogP contribution in [0.25, 0.3) is 0 Å². The Bertz CT molecular complexity index is 422. The summed E-state index contributed by atoms with van der Waals surface area (Å²) in [5.41, 5.74) is 1.95. The number of hydrogen-bond acceptors (Lipinski definition) is 3. The quantitative estimate of drug-likeness (QED) is 0.882. The van der Waals surface area contributed by atoms with Crippen LogP contribution in [0.1, 0.15) is 24.8 Å². The lowest BCUT2D eigenvalue weighted by molar-refractivity contribution is 0.387. The molecule has 0 aliphatic carbocycles. The molecule has 2 rings (SSSR count). The van der Waals surface area contributed by atoms with Crippen molar-refractivity contribution in [3.05, 3.63) is 29.8 Å². The topological polar surface area (TPSA) is 39.1 Å². The fourth-order valence-corrected chi connectivity index (χ4v) is 2.66. The van der Waals surface area contributed by atoms with Gasteiger partial charge in [0.05, 0.1) is 11.6 Å². The van der Waals surface area contributed by atoms with Crippen molar-refractivity contribution in [1.82, 2.24) is 5.32 Å². The summed E-state index contributed by atoms with van der Waals surface area (Å²) in [6.45, 7) is 3.33. The zero-order chi connectivity index (χ0) is 12.8. The Morgan fingerprint density at radius 3 is 3.17 bits per heavy atom. The average Bonchev–Trinajstić information content (AvgIpc) is 2.45. The van der Waals surface area contributed by atoms with Crippen molar-refractivity contribution in [2.75, 3.05) is 31.6 Å². The first-order valence-electron chi connectivity index (χ1n) is 6.73. The Labute approximate surface area is 109 Å². The molecule has 0 saturated carbocycles. The van der Waals surface area contributed by atoms with Crippen molar-refractivity contribution in [2.45, 2.75) is 19.3 Å². The first-order chi connectivity index (χ1) is 8.83. The highest BCUT2D eigenvalue weighted by molar-refractivity contribution is 5.51. The van der Waals surface area contributed by atoms with Crippen molar-refractivity contribution in [3.63, 3.8) is 0 Å². The molecule has 0 spiro atoms. The van der Waals surface area contributed by atoms with Crippen LogP contribution in [-0.4, -0.2) is 26.7 Å². The maximum Gasteiger partial charge on any atom is 0.0992 e. The van der Waals surface area contributed by atoms with Crippen LogP contribution in [0.15, 0.2) is 24.3 Å². The molecule has 1 heterocycles. The van der Waals surface area contributed by atoms with Gasteiger partial charge in [-0.05, 0) is 57.0 Å². The standard InChI is InChI=1S/C15H21N3/c1-17-8-7-13-5-3-9-18(12-13)15-6-2-4-14(10-15)11-16/h2,4,6,10,13,17H,3,5,7-9,12H2,1H3. The molecule has 0 amide bonds. The predicted octanol–water partition coefficient (Wildman–Crippen LogP) is 2.38. The summed E-state index contributed by atoms with van der Waals surface area (Å²) in [5, 5.41) is 12.2. The maximum absolute atomic E-state index is 8.95. The number of nitrogens with zero attached hydrogens (tertiary/aromatic N) is 2. The molecular weight excluding hydrogens is 222 g/mol. The van der Waals surface area contributed by atoms with Crippen LogP contribution in [0.4, 0.5) is 5.69 Å². The first kappa shape index (κ1) is 12.9. The smallest absolute Gasteiger partial charge is 0.0992 e. The highest BCUT2D eigenvalue weighted by Gasteiger charge is 2.19. The van der Waals surface area contributed by atoms with E-state index in [2.05, 4.69) is 22.4 Å². The Morgan fingerprint density at radius 2 is 2.39 bits per heavy atom. The number of nitrogens with one attached hydrogen (secondary N) is 1. The molecule has 0 radical (unpaired) electrons. The molecule has 96 valence electrons. The molecule has 3 nitrogen and oxygen atoms in total. The molecular formula is C15H21N3. The summed E-state index contributed by atoms with van der Waals surface area (Å²) in [6.07, 6.45) is 3.83. The van der Waals surface area contributed by atoms with Crippen LogP contribution in [0.3, 0.4) is 0 Å². The average molecular weight is 243 g/mol. The van der Waals surface area contributed by atoms with Gasteiger partial charge in [0.15, 0.2) is 0 Å². The molecule has 3 heteroatoms. The summed E-state index contributed by atoms with van der Waals surface area (Å²) >= 11 is 0. The van der Waals surface area contributed by atoms with E-state index in [1.54, 1.807) is 0 Å². The number of hydrogen-bond donors (Lipinski definition) is 1. The van der Waals surface area contributed by atoms with Gasteiger partial charge >= 0.3 is 0 Å². The summed E-state index contributed by atoms with van der Waals surface area (Å²) in [7, 11) is 2.01. The molecule has 1 aliphatic heterocycles. The van der Waals surface area contributed by atoms with Gasteiger partial charge in [0, 0.05) is 18.8 Å². The number of nitriles is 1. The van der Waals surface area contributed by atoms with Crippen LogP contribution in [0.5, 0.6) is 0 Å². The maximum atomic E-state index is 8.95. The number of rotatable bonds is 4. The minimum Gasteiger partial charge on any atom is -0.371 e. The second kappa shape index (κ2) is 6.42. The van der Waals surface area contributed by atoms with Crippen LogP contribution >= 0.6 is 0 Å². The van der Waals surface area contributed by atoms with E-state index in [0.29, 0.717) is 0 Å². The van der Waals surface area contributed by atoms with Crippen LogP contribution in [0.2, 0.25) is 0 Å². The number of anilines is 1. The predicted molar refractivity (Wildman–Crippen MR) is 74.6 cm³/mol. The Balaban J connectivity index is 2.01. The largest absolute Gasteiger partial charge is 0.371 e. The van der Waals surface area contributed by atoms with Gasteiger partial charge in [-0.3, -0.25) is 0 Å². The third-order valence-corrected chi connectivity index (χ3v) is 3.66. The molecule has 1 saturated heterocycles. The first-order valence-corrected chi connectivity index (χ1v) is 6.73. The SMILES string of the molecule is CNCCC1CCCN(c2cccc(C#N)c2)C1. The van der Waals surface area contributed by atoms with Gasteiger partial charge in [-0.25, -0.2) is 0 Å². The van der Waals surface area contributed by atoms with Gasteiger partial charge < -0.3 is 10.2 Å². The van der Waals surface area contributed by atoms with Gasteiger partial charge in [-0.15, -0.1) is 0 Å². The summed E-state index contributed by atoms with van der Waals surface area (Å²) in [4.78, 5) is 2.42. The van der Waals surface area contributed by atoms with E-state index in [-0.39, 0.29) is 0 Å². The van der Waals surface area contributed by atoms with Gasteiger partial charge in [0.25, 0.3) is 0 Å². The highest BCUT2D eigenvalue weighted by atomic mass is 15.1. The molecule has 1 aliphatic rings. The molecule has 1 atom stereocenters. The van der Waals surface area contributed by atoms with E-state index < -0.39 is 0 Å². The second-order valence-corrected chi connectivity index (χ2v) is 5.01. The van der Waals surface area contributed by atoms with Gasteiger partial charge in [0.1, 0.15) is 0 Å². The van der Waals surface area contributed by atoms with Gasteiger partial charge in [-0.2, -0.15) is 5.26 Å². The normalized spacial score (nSPS) is 19.6. The monoisotopic (exact) mass is 243 g/mol. The summed E-state index contributed by atoms with van der Waals surface area (Å²) < 4.78 is 0. The van der Waals surface area contributed by atoms with E-state index in [1.807, 2.05) is 25.2 Å². The third kappa shape index (κ3) is 3.24. The molecule has 18 heavy (non-hydrogen) atoms. The summed E-state index contributed by atoms with van der Waals surface area (Å²) in [6, 6.07) is 10.2. The minimum atomic E-state index is 0.754. The van der Waals surface area contributed by atoms with Crippen LogP contribution in [-0.2, 0) is 0 Å². The van der Waals surface area contributed by atoms with Crippen molar-refractivity contribution >= 4 is 5.69 Å². The molecule has 0 aromatic heterocycles. The lowest BCUT2D eigenvalue weighted by Crippen LogP contribution is -2.36. The Morgan fingerprint density at radius 1 is 1.50 bits per heavy atom. The minimum absolute atomic E-state index is 0.754. The highest BCUT2D eigenvalue weighted by Crippen LogP contribution is 2.25. The lowest BCUT2D eigenvalue weighted by atomic mass is 9.94. The van der Waals surface area contributed by atoms with Crippen molar-refractivity contribution < 1.29 is 0 Å². The molecule has 1 aromatic rings. The fraction of sp³-hybridized carbons (Fsp3) is 0.533. The molecule has 1 aromatic carbocycles.